The number of ether oxygens (including phenoxy) is 1. The van der Waals surface area contributed by atoms with Gasteiger partial charge in [0.05, 0.1) is 12.5 Å². The molecule has 0 amide bonds. The fraction of sp³-hybridized carbons (Fsp3) is 0.194. The van der Waals surface area contributed by atoms with E-state index >= 15 is 0 Å². The Hall–Kier alpha value is -3.95. The summed E-state index contributed by atoms with van der Waals surface area (Å²) in [7, 11) is -4.39. The van der Waals surface area contributed by atoms with Crippen LogP contribution in [0.4, 0.5) is 13.2 Å². The molecule has 40 heavy (non-hydrogen) atoms. The van der Waals surface area contributed by atoms with E-state index in [1.54, 1.807) is 7.11 Å². The molecule has 2 heterocycles. The van der Waals surface area contributed by atoms with Crippen molar-refractivity contribution in [2.24, 2.45) is 0 Å². The zero-order valence-electron chi connectivity index (χ0n) is 22.4. The van der Waals surface area contributed by atoms with Gasteiger partial charge in [0, 0.05) is 29.3 Å². The van der Waals surface area contributed by atoms with Crippen LogP contribution in [-0.4, -0.2) is 25.6 Å². The number of benzene rings is 3. The molecular weight excluding hydrogens is 539 g/mol. The molecule has 5 nitrogen and oxygen atoms in total. The number of aromatic nitrogens is 1. The Balaban J connectivity index is 0.000000406. The van der Waals surface area contributed by atoms with E-state index in [1.807, 2.05) is 12.1 Å². The summed E-state index contributed by atoms with van der Waals surface area (Å²) in [6, 6.07) is 34.7. The van der Waals surface area contributed by atoms with E-state index in [2.05, 4.69) is 110 Å². The lowest BCUT2D eigenvalue weighted by Gasteiger charge is -2.19. The van der Waals surface area contributed by atoms with Gasteiger partial charge in [0.1, 0.15) is 5.75 Å². The summed E-state index contributed by atoms with van der Waals surface area (Å²) in [5.74, 6) is 0.863. The lowest BCUT2D eigenvalue weighted by Crippen LogP contribution is -2.28. The molecule has 0 N–H and O–H groups in total. The average Bonchev–Trinajstić information content (AvgIpc) is 2.91. The number of rotatable bonds is 3. The monoisotopic (exact) mass is 567 g/mol. The molecule has 3 aromatic carbocycles. The maximum absolute atomic E-state index is 10.7. The van der Waals surface area contributed by atoms with Gasteiger partial charge in [-0.1, -0.05) is 51.1 Å². The third kappa shape index (κ3) is 6.11. The first kappa shape index (κ1) is 29.0. The molecule has 0 saturated heterocycles. The van der Waals surface area contributed by atoms with Crippen molar-refractivity contribution in [3.05, 3.63) is 103 Å². The maximum Gasteiger partial charge on any atom is 0.485 e. The second-order valence-corrected chi connectivity index (χ2v) is 11.6. The highest BCUT2D eigenvalue weighted by molar-refractivity contribution is 7.86. The molecule has 0 radical (unpaired) electrons. The Morgan fingerprint density at radius 2 is 1.35 bits per heavy atom. The van der Waals surface area contributed by atoms with Crippen molar-refractivity contribution in [1.29, 1.82) is 0 Å². The lowest BCUT2D eigenvalue weighted by atomic mass is 9.85. The van der Waals surface area contributed by atoms with Gasteiger partial charge in [-0.3, -0.25) is 0 Å². The number of hydrogen-bond acceptors (Lipinski definition) is 4. The highest BCUT2D eigenvalue weighted by atomic mass is 32.2. The van der Waals surface area contributed by atoms with E-state index in [4.69, 9.17) is 17.7 Å². The number of pyridine rings is 2. The van der Waals surface area contributed by atoms with Crippen LogP contribution in [0.25, 0.3) is 38.8 Å². The summed E-state index contributed by atoms with van der Waals surface area (Å²) in [5.41, 5.74) is 1.70. The van der Waals surface area contributed by atoms with Crippen LogP contribution >= 0.6 is 0 Å². The van der Waals surface area contributed by atoms with Gasteiger partial charge < -0.3 is 9.29 Å². The van der Waals surface area contributed by atoms with Crippen molar-refractivity contribution in [2.75, 3.05) is 7.11 Å². The molecule has 208 valence electrons. The molecule has 0 spiro atoms. The molecule has 5 aromatic rings. The molecule has 0 saturated carbocycles. The van der Waals surface area contributed by atoms with Gasteiger partial charge in [0.15, 0.2) is 10.1 Å². The molecule has 0 aliphatic carbocycles. The molecule has 0 bridgehead atoms. The van der Waals surface area contributed by atoms with Gasteiger partial charge in [-0.25, -0.2) is 8.42 Å². The zero-order chi connectivity index (χ0) is 29.3. The Morgan fingerprint density at radius 1 is 0.750 bits per heavy atom. The third-order valence-corrected chi connectivity index (χ3v) is 7.02. The SMILES string of the molecule is COc1ccc(-c2cccc3c4cc(C(C)(C)C)ccc4cc(-c4ccccc4)[n+]23)cc1.O=S(=O)([O-])C(F)(F)F. The Bertz CT molecular complexity index is 1760. The standard InChI is InChI=1S/C30H28NO.CHF3O3S/c1-30(2,3)24-16-13-23-19-29(21-9-6-5-7-10-21)31-27(11-8-12-28(31)26(23)20-24)22-14-17-25(32-4)18-15-22;2-1(3,4)8(5,6)7/h5-20H,1-4H3;(H,5,6,7)/q+1;/p-1. The van der Waals surface area contributed by atoms with Crippen molar-refractivity contribution < 1.29 is 35.3 Å². The van der Waals surface area contributed by atoms with Gasteiger partial charge in [0.2, 0.25) is 16.9 Å². The number of methoxy groups -OCH3 is 1. The molecule has 2 aromatic heterocycles. The van der Waals surface area contributed by atoms with Crippen molar-refractivity contribution in [2.45, 2.75) is 31.7 Å². The van der Waals surface area contributed by atoms with Crippen molar-refractivity contribution >= 4 is 26.4 Å². The summed E-state index contributed by atoms with van der Waals surface area (Å²) >= 11 is 0. The first-order chi connectivity index (χ1) is 18.7. The van der Waals surface area contributed by atoms with Crippen LogP contribution in [0, 0.1) is 0 Å². The predicted octanol–water partition coefficient (Wildman–Crippen LogP) is 7.27. The number of hydrogen-bond donors (Lipinski definition) is 0. The zero-order valence-corrected chi connectivity index (χ0v) is 23.2. The van der Waals surface area contributed by atoms with Gasteiger partial charge in [-0.2, -0.15) is 17.6 Å². The van der Waals surface area contributed by atoms with Crippen molar-refractivity contribution in [1.82, 2.24) is 0 Å². The predicted molar refractivity (Wildman–Crippen MR) is 149 cm³/mol. The Morgan fingerprint density at radius 3 is 1.90 bits per heavy atom. The van der Waals surface area contributed by atoms with E-state index in [-0.39, 0.29) is 5.41 Å². The molecule has 0 fully saturated rings. The number of alkyl halides is 3. The largest absolute Gasteiger partial charge is 0.741 e. The van der Waals surface area contributed by atoms with Gasteiger partial charge >= 0.3 is 5.51 Å². The van der Waals surface area contributed by atoms with E-state index < -0.39 is 15.6 Å². The highest BCUT2D eigenvalue weighted by Gasteiger charge is 2.37. The molecule has 9 heteroatoms. The van der Waals surface area contributed by atoms with E-state index in [0.717, 1.165) is 17.0 Å². The van der Waals surface area contributed by atoms with Crippen molar-refractivity contribution in [3.8, 4) is 28.3 Å². The topological polar surface area (TPSA) is 70.5 Å². The highest BCUT2D eigenvalue weighted by Crippen LogP contribution is 2.31. The van der Waals surface area contributed by atoms with Gasteiger partial charge in [-0.15, -0.1) is 0 Å². The summed E-state index contributed by atoms with van der Waals surface area (Å²) in [6.07, 6.45) is 0. The van der Waals surface area contributed by atoms with Crippen LogP contribution in [0.3, 0.4) is 0 Å². The van der Waals surface area contributed by atoms with Crippen LogP contribution in [-0.2, 0) is 15.5 Å². The minimum absolute atomic E-state index is 0.0941. The first-order valence-electron chi connectivity index (χ1n) is 12.3. The third-order valence-electron chi connectivity index (χ3n) is 6.46. The van der Waals surface area contributed by atoms with E-state index in [9.17, 15) is 13.2 Å². The summed E-state index contributed by atoms with van der Waals surface area (Å²) in [5, 5.41) is 2.52. The van der Waals surface area contributed by atoms with Gasteiger partial charge in [0.25, 0.3) is 0 Å². The number of fused-ring (bicyclic) bond motifs is 3. The molecule has 0 atom stereocenters. The number of halogens is 3. The second kappa shape index (κ2) is 10.9. The minimum atomic E-state index is -6.09. The molecule has 0 aliphatic rings. The quantitative estimate of drug-likeness (QED) is 0.0995. The molecule has 0 unspecified atom stereocenters. The van der Waals surface area contributed by atoms with Crippen LogP contribution in [0.1, 0.15) is 26.3 Å². The van der Waals surface area contributed by atoms with Crippen molar-refractivity contribution in [3.63, 3.8) is 0 Å². The van der Waals surface area contributed by atoms with E-state index in [0.29, 0.717) is 0 Å². The maximum atomic E-state index is 10.7. The summed E-state index contributed by atoms with van der Waals surface area (Å²) in [6.45, 7) is 6.81. The first-order valence-corrected chi connectivity index (χ1v) is 13.8. The lowest BCUT2D eigenvalue weighted by molar-refractivity contribution is -0.485. The van der Waals surface area contributed by atoms with E-state index in [1.165, 1.54) is 33.1 Å². The van der Waals surface area contributed by atoms with Crippen LogP contribution in [0.5, 0.6) is 5.75 Å². The normalized spacial score (nSPS) is 12.2. The Kier molecular flexibility index (Phi) is 7.92. The number of nitrogens with zero attached hydrogens (tertiary/aromatic N) is 1. The average molecular weight is 568 g/mol. The van der Waals surface area contributed by atoms with Crippen LogP contribution < -0.4 is 9.14 Å². The Labute approximate surface area is 231 Å². The van der Waals surface area contributed by atoms with Crippen LogP contribution in [0.2, 0.25) is 0 Å². The molecule has 0 aliphatic heterocycles. The fourth-order valence-corrected chi connectivity index (χ4v) is 4.37. The van der Waals surface area contributed by atoms with Gasteiger partial charge in [-0.05, 0) is 64.9 Å². The summed E-state index contributed by atoms with van der Waals surface area (Å²) < 4.78 is 66.7. The van der Waals surface area contributed by atoms with Crippen LogP contribution in [0.15, 0.2) is 97.1 Å². The minimum Gasteiger partial charge on any atom is -0.741 e. The molecular formula is C31H28F3NO4S. The smallest absolute Gasteiger partial charge is 0.485 e. The fourth-order valence-electron chi connectivity index (χ4n) is 4.37. The molecule has 5 rings (SSSR count). The summed E-state index contributed by atoms with van der Waals surface area (Å²) in [4.78, 5) is 0. The second-order valence-electron chi connectivity index (χ2n) is 10.2.